The molecule has 1 aromatic carbocycles. The van der Waals surface area contributed by atoms with E-state index in [2.05, 4.69) is 4.99 Å². The maximum Gasteiger partial charge on any atom is 0.235 e. The second-order valence-corrected chi connectivity index (χ2v) is 4.20. The zero-order valence-corrected chi connectivity index (χ0v) is 9.65. The molecule has 6 heteroatoms. The fraction of sp³-hybridized carbons (Fsp3) is 0.364. The largest absolute Gasteiger partial charge is 0.493 e. The average molecular weight is 260 g/mol. The Bertz CT molecular complexity index is 523. The topological polar surface area (TPSA) is 38.7 Å². The predicted octanol–water partition coefficient (Wildman–Crippen LogP) is 2.95. The van der Waals surface area contributed by atoms with Gasteiger partial charge in [0.15, 0.2) is 17.4 Å². The summed E-state index contributed by atoms with van der Waals surface area (Å²) in [5.74, 6) is -1.84. The van der Waals surface area contributed by atoms with E-state index in [0.717, 1.165) is 6.07 Å². The highest BCUT2D eigenvalue weighted by Gasteiger charge is 2.50. The first-order valence-electron chi connectivity index (χ1n) is 4.87. The van der Waals surface area contributed by atoms with Crippen molar-refractivity contribution in [3.8, 4) is 5.75 Å². The molecule has 0 bridgehead atoms. The molecule has 3 nitrogen and oxygen atoms in total. The standard InChI is InChI=1S/C11H8ClF2NO2/c1-17-10-7(13)4-6(12)9(14)8(10)11(2-3-11)15-5-16/h4H,2-3H2,1H3. The van der Waals surface area contributed by atoms with Crippen molar-refractivity contribution in [1.29, 1.82) is 0 Å². The molecule has 1 aliphatic rings. The SMILES string of the molecule is COc1c(F)cc(Cl)c(F)c1C1(N=C=O)CC1. The Balaban J connectivity index is 2.71. The smallest absolute Gasteiger partial charge is 0.235 e. The van der Waals surface area contributed by atoms with Gasteiger partial charge in [-0.1, -0.05) is 11.6 Å². The summed E-state index contributed by atoms with van der Waals surface area (Å²) < 4.78 is 32.3. The maximum atomic E-state index is 13.9. The van der Waals surface area contributed by atoms with Crippen LogP contribution in [0.15, 0.2) is 11.1 Å². The van der Waals surface area contributed by atoms with Gasteiger partial charge >= 0.3 is 0 Å². The molecule has 0 N–H and O–H groups in total. The summed E-state index contributed by atoms with van der Waals surface area (Å²) in [7, 11) is 1.22. The summed E-state index contributed by atoms with van der Waals surface area (Å²) in [4.78, 5) is 13.9. The third-order valence-corrected chi connectivity index (χ3v) is 3.05. The highest BCUT2D eigenvalue weighted by molar-refractivity contribution is 6.30. The first-order chi connectivity index (χ1) is 8.05. The van der Waals surface area contributed by atoms with Crippen LogP contribution < -0.4 is 4.74 Å². The Morgan fingerprint density at radius 3 is 2.65 bits per heavy atom. The van der Waals surface area contributed by atoms with Crippen LogP contribution in [0.2, 0.25) is 5.02 Å². The molecular weight excluding hydrogens is 252 g/mol. The van der Waals surface area contributed by atoms with Gasteiger partial charge in [-0.15, -0.1) is 0 Å². The number of hydrogen-bond acceptors (Lipinski definition) is 3. The van der Waals surface area contributed by atoms with E-state index in [1.165, 1.54) is 13.2 Å². The molecular formula is C11H8ClF2NO2. The highest BCUT2D eigenvalue weighted by atomic mass is 35.5. The molecule has 17 heavy (non-hydrogen) atoms. The lowest BCUT2D eigenvalue weighted by atomic mass is 10.0. The van der Waals surface area contributed by atoms with E-state index in [9.17, 15) is 13.6 Å². The Morgan fingerprint density at radius 1 is 1.53 bits per heavy atom. The molecule has 1 saturated carbocycles. The molecule has 0 atom stereocenters. The van der Waals surface area contributed by atoms with Gasteiger partial charge in [0.1, 0.15) is 5.54 Å². The number of benzene rings is 1. The monoisotopic (exact) mass is 259 g/mol. The zero-order chi connectivity index (χ0) is 12.6. The molecule has 0 aromatic heterocycles. The van der Waals surface area contributed by atoms with Gasteiger partial charge in [0.05, 0.1) is 17.7 Å². The van der Waals surface area contributed by atoms with Gasteiger partial charge in [-0.25, -0.2) is 13.6 Å². The molecule has 0 unspecified atom stereocenters. The summed E-state index contributed by atoms with van der Waals surface area (Å²) in [6.45, 7) is 0. The fourth-order valence-corrected chi connectivity index (χ4v) is 2.01. The Hall–Kier alpha value is -1.45. The van der Waals surface area contributed by atoms with E-state index < -0.39 is 17.2 Å². The quantitative estimate of drug-likeness (QED) is 0.476. The third kappa shape index (κ3) is 1.81. The average Bonchev–Trinajstić information content (AvgIpc) is 3.04. The number of halogens is 3. The minimum absolute atomic E-state index is 0.103. The number of carbonyl (C=O) groups excluding carboxylic acids is 1. The van der Waals surface area contributed by atoms with E-state index in [1.807, 2.05) is 0 Å². The van der Waals surface area contributed by atoms with Crippen LogP contribution in [-0.2, 0) is 10.3 Å². The van der Waals surface area contributed by atoms with E-state index >= 15 is 0 Å². The molecule has 0 aliphatic heterocycles. The molecule has 0 saturated heterocycles. The van der Waals surface area contributed by atoms with Crippen LogP contribution in [0.4, 0.5) is 8.78 Å². The van der Waals surface area contributed by atoms with Gasteiger partial charge in [0.25, 0.3) is 0 Å². The minimum atomic E-state index is -1.07. The molecule has 1 aromatic rings. The Morgan fingerprint density at radius 2 is 2.18 bits per heavy atom. The van der Waals surface area contributed by atoms with Crippen molar-refractivity contribution in [3.05, 3.63) is 28.3 Å². The number of nitrogens with zero attached hydrogens (tertiary/aromatic N) is 1. The minimum Gasteiger partial charge on any atom is -0.493 e. The summed E-state index contributed by atoms with van der Waals surface area (Å²) >= 11 is 5.57. The first kappa shape index (κ1) is 12.0. The van der Waals surface area contributed by atoms with Crippen molar-refractivity contribution >= 4 is 17.7 Å². The molecule has 90 valence electrons. The van der Waals surface area contributed by atoms with Gasteiger partial charge in [-0.2, -0.15) is 4.99 Å². The van der Waals surface area contributed by atoms with Gasteiger partial charge in [0.2, 0.25) is 6.08 Å². The number of hydrogen-bond donors (Lipinski definition) is 0. The second-order valence-electron chi connectivity index (χ2n) is 3.80. The van der Waals surface area contributed by atoms with Crippen LogP contribution in [0, 0.1) is 11.6 Å². The van der Waals surface area contributed by atoms with Crippen molar-refractivity contribution in [2.24, 2.45) is 4.99 Å². The summed E-state index contributed by atoms with van der Waals surface area (Å²) in [5, 5.41) is -0.356. The van der Waals surface area contributed by atoms with Crippen molar-refractivity contribution < 1.29 is 18.3 Å². The lowest BCUT2D eigenvalue weighted by molar-refractivity contribution is 0.370. The Kier molecular flexibility index (Phi) is 2.89. The maximum absolute atomic E-state index is 13.9. The van der Waals surface area contributed by atoms with Crippen LogP contribution in [0.25, 0.3) is 0 Å². The zero-order valence-electron chi connectivity index (χ0n) is 8.89. The molecule has 1 aliphatic carbocycles. The molecule has 1 fully saturated rings. The van der Waals surface area contributed by atoms with Gasteiger partial charge < -0.3 is 4.74 Å². The number of aliphatic imine (C=N–C) groups is 1. The highest BCUT2D eigenvalue weighted by Crippen LogP contribution is 2.54. The Labute approximate surface area is 101 Å². The molecule has 0 amide bonds. The number of ether oxygens (including phenoxy) is 1. The second kappa shape index (κ2) is 4.09. The predicted molar refractivity (Wildman–Crippen MR) is 57.0 cm³/mol. The van der Waals surface area contributed by atoms with E-state index in [1.54, 1.807) is 0 Å². The lowest BCUT2D eigenvalue weighted by Gasteiger charge is -2.15. The van der Waals surface area contributed by atoms with Gasteiger partial charge in [0, 0.05) is 0 Å². The summed E-state index contributed by atoms with van der Waals surface area (Å²) in [5.41, 5.74) is -1.17. The summed E-state index contributed by atoms with van der Waals surface area (Å²) in [6, 6.07) is 0.833. The van der Waals surface area contributed by atoms with Gasteiger partial charge in [-0.05, 0) is 18.9 Å². The van der Waals surface area contributed by atoms with Crippen LogP contribution in [-0.4, -0.2) is 13.2 Å². The van der Waals surface area contributed by atoms with Crippen molar-refractivity contribution in [2.45, 2.75) is 18.4 Å². The van der Waals surface area contributed by atoms with E-state index in [0.29, 0.717) is 12.8 Å². The van der Waals surface area contributed by atoms with Crippen LogP contribution in [0.1, 0.15) is 18.4 Å². The van der Waals surface area contributed by atoms with Crippen molar-refractivity contribution in [2.75, 3.05) is 7.11 Å². The molecule has 2 rings (SSSR count). The van der Waals surface area contributed by atoms with Crippen LogP contribution in [0.5, 0.6) is 5.75 Å². The van der Waals surface area contributed by atoms with Crippen LogP contribution >= 0.6 is 11.6 Å². The van der Waals surface area contributed by atoms with E-state index in [4.69, 9.17) is 16.3 Å². The lowest BCUT2D eigenvalue weighted by Crippen LogP contribution is -2.10. The molecule has 0 spiro atoms. The van der Waals surface area contributed by atoms with Crippen molar-refractivity contribution in [3.63, 3.8) is 0 Å². The third-order valence-electron chi connectivity index (χ3n) is 2.78. The number of rotatable bonds is 3. The van der Waals surface area contributed by atoms with E-state index in [-0.39, 0.29) is 16.3 Å². The number of methoxy groups -OCH3 is 1. The number of isocyanates is 1. The fourth-order valence-electron chi connectivity index (χ4n) is 1.82. The normalized spacial score (nSPS) is 16.2. The van der Waals surface area contributed by atoms with Gasteiger partial charge in [-0.3, -0.25) is 0 Å². The molecule has 0 radical (unpaired) electrons. The first-order valence-corrected chi connectivity index (χ1v) is 5.24. The van der Waals surface area contributed by atoms with Crippen LogP contribution in [0.3, 0.4) is 0 Å². The molecule has 0 heterocycles. The summed E-state index contributed by atoms with van der Waals surface area (Å²) in [6.07, 6.45) is 2.25. The van der Waals surface area contributed by atoms with Crippen molar-refractivity contribution in [1.82, 2.24) is 0 Å².